The van der Waals surface area contributed by atoms with E-state index in [1.54, 1.807) is 18.2 Å². The first-order chi connectivity index (χ1) is 14.1. The molecule has 2 heterocycles. The first-order valence-electron chi connectivity index (χ1n) is 9.23. The average molecular weight is 405 g/mol. The molecule has 0 bridgehead atoms. The quantitative estimate of drug-likeness (QED) is 0.514. The van der Waals surface area contributed by atoms with Gasteiger partial charge in [0.25, 0.3) is 5.56 Å². The number of hydrogen-bond acceptors (Lipinski definition) is 5. The van der Waals surface area contributed by atoms with E-state index in [4.69, 9.17) is 4.74 Å². The summed E-state index contributed by atoms with van der Waals surface area (Å²) in [4.78, 5) is 31.2. The third-order valence-corrected chi connectivity index (χ3v) is 5.52. The van der Waals surface area contributed by atoms with Crippen LogP contribution in [0.4, 0.5) is 5.69 Å². The van der Waals surface area contributed by atoms with E-state index in [1.807, 2.05) is 49.4 Å². The van der Waals surface area contributed by atoms with Gasteiger partial charge < -0.3 is 10.1 Å². The molecule has 0 saturated heterocycles. The lowest BCUT2D eigenvalue weighted by atomic mass is 10.3. The minimum Gasteiger partial charge on any atom is -0.457 e. The zero-order valence-corrected chi connectivity index (χ0v) is 16.6. The van der Waals surface area contributed by atoms with E-state index in [0.29, 0.717) is 27.4 Å². The topological polar surface area (TPSA) is 73.2 Å². The van der Waals surface area contributed by atoms with E-state index in [9.17, 15) is 9.59 Å². The van der Waals surface area contributed by atoms with Crippen LogP contribution in [-0.4, -0.2) is 15.5 Å². The van der Waals surface area contributed by atoms with Crippen LogP contribution in [0.5, 0.6) is 11.5 Å². The molecule has 0 aliphatic carbocycles. The number of para-hydroxylation sites is 1. The summed E-state index contributed by atoms with van der Waals surface area (Å²) in [7, 11) is 0. The molecule has 1 amide bonds. The number of aromatic nitrogens is 2. The lowest BCUT2D eigenvalue weighted by Gasteiger charge is -2.10. The minimum atomic E-state index is -0.309. The number of ether oxygens (including phenoxy) is 1. The second-order valence-corrected chi connectivity index (χ2v) is 7.57. The predicted octanol–water partition coefficient (Wildman–Crippen LogP) is 4.45. The highest BCUT2D eigenvalue weighted by molar-refractivity contribution is 7.18. The van der Waals surface area contributed by atoms with E-state index in [0.717, 1.165) is 11.3 Å². The zero-order valence-electron chi connectivity index (χ0n) is 15.8. The van der Waals surface area contributed by atoms with Crippen LogP contribution in [0.2, 0.25) is 0 Å². The van der Waals surface area contributed by atoms with Crippen molar-refractivity contribution in [1.29, 1.82) is 0 Å². The van der Waals surface area contributed by atoms with Crippen molar-refractivity contribution in [2.75, 3.05) is 5.32 Å². The van der Waals surface area contributed by atoms with Gasteiger partial charge in [0.15, 0.2) is 0 Å². The van der Waals surface area contributed by atoms with E-state index >= 15 is 0 Å². The Kier molecular flexibility index (Phi) is 5.39. The molecule has 7 heteroatoms. The van der Waals surface area contributed by atoms with Gasteiger partial charge in [-0.1, -0.05) is 31.2 Å². The van der Waals surface area contributed by atoms with Crippen molar-refractivity contribution in [3.05, 3.63) is 82.2 Å². The fraction of sp³-hybridized carbons (Fsp3) is 0.136. The Morgan fingerprint density at radius 3 is 2.69 bits per heavy atom. The number of benzene rings is 2. The Hall–Kier alpha value is -3.45. The average Bonchev–Trinajstić information content (AvgIpc) is 3.15. The normalized spacial score (nSPS) is 10.8. The van der Waals surface area contributed by atoms with Crippen LogP contribution in [0.15, 0.2) is 71.8 Å². The first-order valence-corrected chi connectivity index (χ1v) is 10.0. The zero-order chi connectivity index (χ0) is 20.2. The fourth-order valence-corrected chi connectivity index (χ4v) is 3.84. The molecule has 4 rings (SSSR count). The number of hydrogen-bond donors (Lipinski definition) is 1. The Labute approximate surface area is 171 Å². The molecule has 0 aliphatic rings. The number of aryl methyl sites for hydroxylation is 1. The van der Waals surface area contributed by atoms with E-state index in [-0.39, 0.29) is 18.0 Å². The number of carbonyl (C=O) groups is 1. The summed E-state index contributed by atoms with van der Waals surface area (Å²) in [5, 5.41) is 3.36. The predicted molar refractivity (Wildman–Crippen MR) is 115 cm³/mol. The molecule has 2 aromatic carbocycles. The number of anilines is 1. The molecular formula is C22H19N3O3S. The Morgan fingerprint density at radius 1 is 1.10 bits per heavy atom. The molecule has 0 unspecified atom stereocenters. The highest BCUT2D eigenvalue weighted by atomic mass is 32.1. The van der Waals surface area contributed by atoms with Crippen molar-refractivity contribution in [2.24, 2.45) is 0 Å². The summed E-state index contributed by atoms with van der Waals surface area (Å²) >= 11 is 1.50. The molecule has 0 saturated carbocycles. The summed E-state index contributed by atoms with van der Waals surface area (Å²) in [5.41, 5.74) is 0.386. The van der Waals surface area contributed by atoms with E-state index in [1.165, 1.54) is 22.2 Å². The van der Waals surface area contributed by atoms with Gasteiger partial charge in [-0.3, -0.25) is 14.2 Å². The van der Waals surface area contributed by atoms with Gasteiger partial charge in [-0.2, -0.15) is 0 Å². The molecule has 0 atom stereocenters. The molecule has 0 aliphatic heterocycles. The lowest BCUT2D eigenvalue weighted by molar-refractivity contribution is -0.116. The van der Waals surface area contributed by atoms with Gasteiger partial charge in [-0.25, -0.2) is 4.98 Å². The number of carbonyl (C=O) groups excluding carboxylic acids is 1. The summed E-state index contributed by atoms with van der Waals surface area (Å²) < 4.78 is 7.11. The van der Waals surface area contributed by atoms with Crippen LogP contribution in [0.25, 0.3) is 10.2 Å². The van der Waals surface area contributed by atoms with Gasteiger partial charge in [-0.15, -0.1) is 11.3 Å². The van der Waals surface area contributed by atoms with Gasteiger partial charge >= 0.3 is 0 Å². The third-order valence-electron chi connectivity index (χ3n) is 4.33. The molecule has 1 N–H and O–H groups in total. The largest absolute Gasteiger partial charge is 0.457 e. The molecule has 0 spiro atoms. The number of rotatable bonds is 6. The van der Waals surface area contributed by atoms with Crippen molar-refractivity contribution >= 4 is 33.1 Å². The van der Waals surface area contributed by atoms with Crippen molar-refractivity contribution in [2.45, 2.75) is 19.9 Å². The highest BCUT2D eigenvalue weighted by Crippen LogP contribution is 2.24. The van der Waals surface area contributed by atoms with Crippen LogP contribution in [0, 0.1) is 0 Å². The monoisotopic (exact) mass is 405 g/mol. The molecule has 29 heavy (non-hydrogen) atoms. The Bertz CT molecular complexity index is 1210. The summed E-state index contributed by atoms with van der Waals surface area (Å²) in [6, 6.07) is 18.4. The molecule has 0 radical (unpaired) electrons. The molecular weight excluding hydrogens is 386 g/mol. The number of amides is 1. The Morgan fingerprint density at radius 2 is 1.90 bits per heavy atom. The number of thiophene rings is 1. The maximum atomic E-state index is 12.6. The second kappa shape index (κ2) is 8.28. The maximum absolute atomic E-state index is 12.6. The van der Waals surface area contributed by atoms with Gasteiger partial charge in [0.05, 0.1) is 11.7 Å². The number of nitrogens with zero attached hydrogens (tertiary/aromatic N) is 2. The van der Waals surface area contributed by atoms with E-state index in [2.05, 4.69) is 10.3 Å². The van der Waals surface area contributed by atoms with Gasteiger partial charge in [0.2, 0.25) is 5.91 Å². The molecule has 2 aromatic heterocycles. The summed E-state index contributed by atoms with van der Waals surface area (Å²) in [6.45, 7) is 1.93. The minimum absolute atomic E-state index is 0.108. The third kappa shape index (κ3) is 4.35. The molecule has 4 aromatic rings. The molecule has 146 valence electrons. The van der Waals surface area contributed by atoms with Crippen LogP contribution < -0.4 is 15.6 Å². The van der Waals surface area contributed by atoms with Crippen molar-refractivity contribution in [3.8, 4) is 11.5 Å². The second-order valence-electron chi connectivity index (χ2n) is 6.45. The number of nitrogens with one attached hydrogen (secondary N) is 1. The van der Waals surface area contributed by atoms with Gasteiger partial charge in [-0.05, 0) is 36.8 Å². The summed E-state index contributed by atoms with van der Waals surface area (Å²) in [5.74, 6) is 1.01. The molecule has 0 fully saturated rings. The lowest BCUT2D eigenvalue weighted by Crippen LogP contribution is -2.27. The van der Waals surface area contributed by atoms with Crippen LogP contribution in [0.1, 0.15) is 11.8 Å². The van der Waals surface area contributed by atoms with Crippen molar-refractivity contribution < 1.29 is 9.53 Å². The standard InChI is InChI=1S/C22H19N3O3S/c1-2-18-12-19-21(29-18)23-14-25(22(19)27)13-20(26)24-15-7-6-10-17(11-15)28-16-8-4-3-5-9-16/h3-12,14H,2,13H2,1H3,(H,24,26). The van der Waals surface area contributed by atoms with E-state index < -0.39 is 0 Å². The number of fused-ring (bicyclic) bond motifs is 1. The maximum Gasteiger partial charge on any atom is 0.262 e. The first kappa shape index (κ1) is 18.9. The van der Waals surface area contributed by atoms with Crippen LogP contribution >= 0.6 is 11.3 Å². The molecule has 6 nitrogen and oxygen atoms in total. The van der Waals surface area contributed by atoms with Gasteiger partial charge in [0.1, 0.15) is 22.9 Å². The SMILES string of the molecule is CCc1cc2c(=O)n(CC(=O)Nc3cccc(Oc4ccccc4)c3)cnc2s1. The smallest absolute Gasteiger partial charge is 0.262 e. The van der Waals surface area contributed by atoms with Crippen molar-refractivity contribution in [3.63, 3.8) is 0 Å². The summed E-state index contributed by atoms with van der Waals surface area (Å²) in [6.07, 6.45) is 2.28. The van der Waals surface area contributed by atoms with Crippen molar-refractivity contribution in [1.82, 2.24) is 9.55 Å². The Balaban J connectivity index is 1.47. The van der Waals surface area contributed by atoms with Crippen LogP contribution in [-0.2, 0) is 17.8 Å². The highest BCUT2D eigenvalue weighted by Gasteiger charge is 2.11. The fourth-order valence-electron chi connectivity index (χ4n) is 2.91. The van der Waals surface area contributed by atoms with Gasteiger partial charge in [0, 0.05) is 16.6 Å². The van der Waals surface area contributed by atoms with Crippen LogP contribution in [0.3, 0.4) is 0 Å².